The van der Waals surface area contributed by atoms with E-state index in [0.717, 1.165) is 22.6 Å². The third-order valence-corrected chi connectivity index (χ3v) is 4.05. The second-order valence-electron chi connectivity index (χ2n) is 5.72. The van der Waals surface area contributed by atoms with Crippen LogP contribution in [0, 0.1) is 11.6 Å². The summed E-state index contributed by atoms with van der Waals surface area (Å²) in [5.41, 5.74) is 0.586. The predicted molar refractivity (Wildman–Crippen MR) is 97.2 cm³/mol. The van der Waals surface area contributed by atoms with E-state index in [0.29, 0.717) is 18.0 Å². The molecule has 0 aliphatic heterocycles. The molecule has 2 aromatic carbocycles. The first-order chi connectivity index (χ1) is 12.4. The Bertz CT molecular complexity index is 761. The standard InChI is InChI=1S/C19H19ClF2N2O2/c1-13(25)24(19-16(21)3-2-4-17(19)22)12-10-18(26)23-11-9-14-5-7-15(20)8-6-14/h2-8H,9-12H2,1H3,(H,23,26). The first kappa shape index (κ1) is 19.8. The Morgan fingerprint density at radius 2 is 1.69 bits per heavy atom. The van der Waals surface area contributed by atoms with Crippen molar-refractivity contribution in [1.29, 1.82) is 0 Å². The second-order valence-corrected chi connectivity index (χ2v) is 6.15. The highest BCUT2D eigenvalue weighted by Crippen LogP contribution is 2.23. The number of nitrogens with zero attached hydrogens (tertiary/aromatic N) is 1. The van der Waals surface area contributed by atoms with Crippen LogP contribution in [0.1, 0.15) is 18.9 Å². The Kier molecular flexibility index (Phi) is 7.09. The predicted octanol–water partition coefficient (Wildman–Crippen LogP) is 3.72. The molecule has 7 heteroatoms. The van der Waals surface area contributed by atoms with Crippen LogP contribution in [0.25, 0.3) is 0 Å². The van der Waals surface area contributed by atoms with Crippen molar-refractivity contribution in [3.63, 3.8) is 0 Å². The fourth-order valence-electron chi connectivity index (χ4n) is 2.47. The van der Waals surface area contributed by atoms with Gasteiger partial charge in [0.05, 0.1) is 0 Å². The lowest BCUT2D eigenvalue weighted by Gasteiger charge is -2.22. The van der Waals surface area contributed by atoms with E-state index in [9.17, 15) is 18.4 Å². The van der Waals surface area contributed by atoms with Gasteiger partial charge in [-0.05, 0) is 36.2 Å². The SMILES string of the molecule is CC(=O)N(CCC(=O)NCCc1ccc(Cl)cc1)c1c(F)cccc1F. The molecule has 0 atom stereocenters. The number of rotatable bonds is 7. The van der Waals surface area contributed by atoms with E-state index >= 15 is 0 Å². The fourth-order valence-corrected chi connectivity index (χ4v) is 2.60. The highest BCUT2D eigenvalue weighted by Gasteiger charge is 2.20. The van der Waals surface area contributed by atoms with Gasteiger partial charge in [0.15, 0.2) is 0 Å². The molecular weight excluding hydrogens is 362 g/mol. The maximum absolute atomic E-state index is 13.9. The average Bonchev–Trinajstić information content (AvgIpc) is 2.59. The van der Waals surface area contributed by atoms with Crippen LogP contribution in [0.3, 0.4) is 0 Å². The van der Waals surface area contributed by atoms with Crippen LogP contribution < -0.4 is 10.2 Å². The molecule has 0 unspecified atom stereocenters. The van der Waals surface area contributed by atoms with Crippen LogP contribution in [0.2, 0.25) is 5.02 Å². The topological polar surface area (TPSA) is 49.4 Å². The van der Waals surface area contributed by atoms with Gasteiger partial charge in [0.25, 0.3) is 0 Å². The molecule has 0 saturated heterocycles. The van der Waals surface area contributed by atoms with Crippen molar-refractivity contribution in [1.82, 2.24) is 5.32 Å². The molecule has 2 aromatic rings. The zero-order valence-corrected chi connectivity index (χ0v) is 15.0. The smallest absolute Gasteiger partial charge is 0.224 e. The Morgan fingerprint density at radius 1 is 1.08 bits per heavy atom. The van der Waals surface area contributed by atoms with E-state index in [4.69, 9.17) is 11.6 Å². The molecule has 26 heavy (non-hydrogen) atoms. The van der Waals surface area contributed by atoms with Crippen molar-refractivity contribution in [3.05, 3.63) is 64.7 Å². The summed E-state index contributed by atoms with van der Waals surface area (Å²) in [6.07, 6.45) is 0.565. The molecule has 138 valence electrons. The van der Waals surface area contributed by atoms with Crippen molar-refractivity contribution in [2.75, 3.05) is 18.0 Å². The monoisotopic (exact) mass is 380 g/mol. The van der Waals surface area contributed by atoms with Gasteiger partial charge in [0.2, 0.25) is 11.8 Å². The Labute approximate surface area is 155 Å². The number of amides is 2. The minimum Gasteiger partial charge on any atom is -0.356 e. The third kappa shape index (κ3) is 5.52. The van der Waals surface area contributed by atoms with Gasteiger partial charge in [-0.2, -0.15) is 0 Å². The minimum atomic E-state index is -0.844. The van der Waals surface area contributed by atoms with Gasteiger partial charge >= 0.3 is 0 Å². The largest absolute Gasteiger partial charge is 0.356 e. The van der Waals surface area contributed by atoms with Crippen LogP contribution in [-0.4, -0.2) is 24.9 Å². The van der Waals surface area contributed by atoms with Gasteiger partial charge < -0.3 is 10.2 Å². The molecule has 2 amide bonds. The first-order valence-corrected chi connectivity index (χ1v) is 8.49. The van der Waals surface area contributed by atoms with Gasteiger partial charge in [-0.3, -0.25) is 9.59 Å². The highest BCUT2D eigenvalue weighted by molar-refractivity contribution is 6.30. The van der Waals surface area contributed by atoms with E-state index in [1.165, 1.54) is 13.0 Å². The number of benzene rings is 2. The van der Waals surface area contributed by atoms with Crippen LogP contribution in [0.5, 0.6) is 0 Å². The Morgan fingerprint density at radius 3 is 2.27 bits per heavy atom. The van der Waals surface area contributed by atoms with Crippen LogP contribution in [0.15, 0.2) is 42.5 Å². The van der Waals surface area contributed by atoms with Gasteiger partial charge in [-0.25, -0.2) is 8.78 Å². The summed E-state index contributed by atoms with van der Waals surface area (Å²) in [6.45, 7) is 1.50. The summed E-state index contributed by atoms with van der Waals surface area (Å²) >= 11 is 5.81. The van der Waals surface area contributed by atoms with Crippen molar-refractivity contribution in [3.8, 4) is 0 Å². The summed E-state index contributed by atoms with van der Waals surface area (Å²) in [7, 11) is 0. The number of anilines is 1. The Hall–Kier alpha value is -2.47. The van der Waals surface area contributed by atoms with Crippen molar-refractivity contribution < 1.29 is 18.4 Å². The number of nitrogens with one attached hydrogen (secondary N) is 1. The van der Waals surface area contributed by atoms with E-state index in [1.54, 1.807) is 12.1 Å². The molecule has 2 rings (SSSR count). The fraction of sp³-hybridized carbons (Fsp3) is 0.263. The van der Waals surface area contributed by atoms with Gasteiger partial charge in [-0.1, -0.05) is 29.8 Å². The van der Waals surface area contributed by atoms with Gasteiger partial charge in [0, 0.05) is 31.5 Å². The number of halogens is 3. The zero-order valence-electron chi connectivity index (χ0n) is 14.3. The molecule has 0 radical (unpaired) electrons. The van der Waals surface area contributed by atoms with E-state index in [1.807, 2.05) is 12.1 Å². The molecule has 1 N–H and O–H groups in total. The summed E-state index contributed by atoms with van der Waals surface area (Å²) in [5.74, 6) is -2.53. The van der Waals surface area contributed by atoms with Crippen molar-refractivity contribution in [2.45, 2.75) is 19.8 Å². The number of para-hydroxylation sites is 1. The van der Waals surface area contributed by atoms with Crippen LogP contribution in [0.4, 0.5) is 14.5 Å². The average molecular weight is 381 g/mol. The third-order valence-electron chi connectivity index (χ3n) is 3.80. The summed E-state index contributed by atoms with van der Waals surface area (Å²) in [4.78, 5) is 24.6. The molecular formula is C19H19ClF2N2O2. The minimum absolute atomic E-state index is 0.0615. The summed E-state index contributed by atoms with van der Waals surface area (Å²) in [6, 6.07) is 10.6. The summed E-state index contributed by atoms with van der Waals surface area (Å²) in [5, 5.41) is 3.36. The van der Waals surface area contributed by atoms with E-state index in [2.05, 4.69) is 5.32 Å². The molecule has 0 fully saturated rings. The molecule has 0 spiro atoms. The van der Waals surface area contributed by atoms with Gasteiger partial charge in [0.1, 0.15) is 17.3 Å². The zero-order chi connectivity index (χ0) is 19.1. The lowest BCUT2D eigenvalue weighted by Crippen LogP contribution is -2.35. The Balaban J connectivity index is 1.87. The molecule has 4 nitrogen and oxygen atoms in total. The first-order valence-electron chi connectivity index (χ1n) is 8.11. The molecule has 0 aliphatic rings. The molecule has 0 aliphatic carbocycles. The van der Waals surface area contributed by atoms with Crippen LogP contribution >= 0.6 is 11.6 Å². The maximum Gasteiger partial charge on any atom is 0.224 e. The lowest BCUT2D eigenvalue weighted by molar-refractivity contribution is -0.121. The van der Waals surface area contributed by atoms with Crippen molar-refractivity contribution >= 4 is 29.1 Å². The molecule has 0 aromatic heterocycles. The van der Waals surface area contributed by atoms with E-state index in [-0.39, 0.29) is 18.9 Å². The van der Waals surface area contributed by atoms with E-state index < -0.39 is 23.2 Å². The lowest BCUT2D eigenvalue weighted by atomic mass is 10.1. The maximum atomic E-state index is 13.9. The number of hydrogen-bond donors (Lipinski definition) is 1. The van der Waals surface area contributed by atoms with Crippen LogP contribution in [-0.2, 0) is 16.0 Å². The normalized spacial score (nSPS) is 10.5. The number of carbonyl (C=O) groups is 2. The molecule has 0 saturated carbocycles. The van der Waals surface area contributed by atoms with Gasteiger partial charge in [-0.15, -0.1) is 0 Å². The number of hydrogen-bond acceptors (Lipinski definition) is 2. The second kappa shape index (κ2) is 9.29. The quantitative estimate of drug-likeness (QED) is 0.795. The summed E-state index contributed by atoms with van der Waals surface area (Å²) < 4.78 is 27.7. The molecule has 0 heterocycles. The highest BCUT2D eigenvalue weighted by atomic mass is 35.5. The molecule has 0 bridgehead atoms. The number of carbonyl (C=O) groups excluding carboxylic acids is 2. The van der Waals surface area contributed by atoms with Crippen molar-refractivity contribution in [2.24, 2.45) is 0 Å².